The van der Waals surface area contributed by atoms with E-state index < -0.39 is 5.92 Å². The summed E-state index contributed by atoms with van der Waals surface area (Å²) in [5, 5.41) is 13.9. The van der Waals surface area contributed by atoms with Crippen LogP contribution in [0.15, 0.2) is 25.3 Å². The Labute approximate surface area is 161 Å². The molecule has 0 rings (SSSR count). The summed E-state index contributed by atoms with van der Waals surface area (Å²) in [6.07, 6.45) is 5.48. The van der Waals surface area contributed by atoms with Crippen molar-refractivity contribution in [3.8, 4) is 0 Å². The van der Waals surface area contributed by atoms with Gasteiger partial charge in [0.2, 0.25) is 11.8 Å². The first-order valence-electron chi connectivity index (χ1n) is 9.15. The van der Waals surface area contributed by atoms with Gasteiger partial charge < -0.3 is 25.2 Å². The van der Waals surface area contributed by atoms with E-state index in [0.29, 0.717) is 32.4 Å². The smallest absolute Gasteiger partial charge is 0.305 e. The Bertz CT molecular complexity index is 467. The zero-order chi connectivity index (χ0) is 20.3. The molecule has 0 bridgehead atoms. The quantitative estimate of drug-likeness (QED) is 0.193. The van der Waals surface area contributed by atoms with E-state index in [-0.39, 0.29) is 50.6 Å². The zero-order valence-electron chi connectivity index (χ0n) is 15.9. The van der Waals surface area contributed by atoms with Crippen LogP contribution in [-0.2, 0) is 23.9 Å². The van der Waals surface area contributed by atoms with Crippen LogP contribution in [-0.4, -0.2) is 62.4 Å². The van der Waals surface area contributed by atoms with Gasteiger partial charge in [-0.15, -0.1) is 13.2 Å². The first kappa shape index (κ1) is 24.8. The maximum absolute atomic E-state index is 12.2. The van der Waals surface area contributed by atoms with Gasteiger partial charge in [0, 0.05) is 19.4 Å². The summed E-state index contributed by atoms with van der Waals surface area (Å²) in [7, 11) is 0. The van der Waals surface area contributed by atoms with E-state index in [1.807, 2.05) is 0 Å². The van der Waals surface area contributed by atoms with E-state index in [4.69, 9.17) is 14.6 Å². The lowest BCUT2D eigenvalue weighted by Gasteiger charge is -2.15. The SMILES string of the molecule is C=CCCCC(=O)OCCNC(=O)[C@@H](CC=C)CC(=O)NCCOCCO. The highest BCUT2D eigenvalue weighted by Crippen LogP contribution is 2.09. The minimum atomic E-state index is -0.538. The number of ether oxygens (including phenoxy) is 2. The van der Waals surface area contributed by atoms with Gasteiger partial charge in [0.1, 0.15) is 6.61 Å². The highest BCUT2D eigenvalue weighted by Gasteiger charge is 2.20. The number of nitrogens with one attached hydrogen (secondary N) is 2. The molecule has 0 aromatic heterocycles. The van der Waals surface area contributed by atoms with E-state index in [9.17, 15) is 14.4 Å². The fraction of sp³-hybridized carbons (Fsp3) is 0.632. The number of aliphatic hydroxyl groups excluding tert-OH is 1. The van der Waals surface area contributed by atoms with Crippen molar-refractivity contribution in [1.82, 2.24) is 10.6 Å². The molecule has 0 aliphatic heterocycles. The molecule has 0 aromatic carbocycles. The average Bonchev–Trinajstić information content (AvgIpc) is 2.64. The number of unbranched alkanes of at least 4 members (excludes halogenated alkanes) is 1. The van der Waals surface area contributed by atoms with Gasteiger partial charge in [-0.05, 0) is 19.3 Å². The summed E-state index contributed by atoms with van der Waals surface area (Å²) in [6.45, 7) is 8.23. The van der Waals surface area contributed by atoms with Crippen molar-refractivity contribution in [3.05, 3.63) is 25.3 Å². The fourth-order valence-electron chi connectivity index (χ4n) is 2.16. The van der Waals surface area contributed by atoms with Crippen LogP contribution < -0.4 is 10.6 Å². The maximum atomic E-state index is 12.2. The Morgan fingerprint density at radius 3 is 2.44 bits per heavy atom. The number of esters is 1. The molecule has 0 unspecified atom stereocenters. The fourth-order valence-corrected chi connectivity index (χ4v) is 2.16. The molecule has 0 aliphatic rings. The van der Waals surface area contributed by atoms with Gasteiger partial charge in [0.05, 0.1) is 32.3 Å². The van der Waals surface area contributed by atoms with Crippen LogP contribution in [0.5, 0.6) is 0 Å². The molecule has 1 atom stereocenters. The van der Waals surface area contributed by atoms with Crippen LogP contribution >= 0.6 is 0 Å². The predicted molar refractivity (Wildman–Crippen MR) is 102 cm³/mol. The van der Waals surface area contributed by atoms with Crippen molar-refractivity contribution in [3.63, 3.8) is 0 Å². The van der Waals surface area contributed by atoms with E-state index in [0.717, 1.165) is 6.42 Å². The summed E-state index contributed by atoms with van der Waals surface area (Å²) < 4.78 is 10.1. The molecule has 0 heterocycles. The van der Waals surface area contributed by atoms with Gasteiger partial charge in [-0.3, -0.25) is 14.4 Å². The van der Waals surface area contributed by atoms with Gasteiger partial charge in [-0.2, -0.15) is 0 Å². The second-order valence-electron chi connectivity index (χ2n) is 5.80. The lowest BCUT2D eigenvalue weighted by atomic mass is 10.00. The number of allylic oxidation sites excluding steroid dienone is 2. The third-order valence-corrected chi connectivity index (χ3v) is 3.51. The van der Waals surface area contributed by atoms with Gasteiger partial charge in [-0.1, -0.05) is 12.2 Å². The zero-order valence-corrected chi connectivity index (χ0v) is 15.9. The first-order chi connectivity index (χ1) is 13.0. The molecule has 8 heteroatoms. The third-order valence-electron chi connectivity index (χ3n) is 3.51. The number of rotatable bonds is 17. The van der Waals surface area contributed by atoms with E-state index >= 15 is 0 Å². The highest BCUT2D eigenvalue weighted by atomic mass is 16.5. The molecule has 0 radical (unpaired) electrons. The normalized spacial score (nSPS) is 11.3. The standard InChI is InChI=1S/C19H32N2O6/c1-3-5-6-8-18(24)27-13-10-21-19(25)16(7-4-2)15-17(23)20-9-12-26-14-11-22/h3-4,16,22H,1-2,5-15H2,(H,20,23)(H,21,25)/t16-/m0/s1. The third kappa shape index (κ3) is 14.6. The second-order valence-corrected chi connectivity index (χ2v) is 5.80. The minimum Gasteiger partial charge on any atom is -0.464 e. The van der Waals surface area contributed by atoms with Crippen LogP contribution in [0.4, 0.5) is 0 Å². The Kier molecular flexibility index (Phi) is 15.8. The first-order valence-corrected chi connectivity index (χ1v) is 9.15. The number of hydrogen-bond donors (Lipinski definition) is 3. The van der Waals surface area contributed by atoms with Crippen molar-refractivity contribution in [2.24, 2.45) is 5.92 Å². The molecular weight excluding hydrogens is 352 g/mol. The van der Waals surface area contributed by atoms with Gasteiger partial charge in [0.25, 0.3) is 0 Å². The van der Waals surface area contributed by atoms with Crippen molar-refractivity contribution >= 4 is 17.8 Å². The Morgan fingerprint density at radius 1 is 1.04 bits per heavy atom. The average molecular weight is 384 g/mol. The number of carbonyl (C=O) groups excluding carboxylic acids is 3. The second kappa shape index (κ2) is 17.2. The number of aliphatic hydroxyl groups is 1. The van der Waals surface area contributed by atoms with Crippen molar-refractivity contribution in [1.29, 1.82) is 0 Å². The van der Waals surface area contributed by atoms with Crippen molar-refractivity contribution < 1.29 is 29.0 Å². The molecule has 2 amide bonds. The maximum Gasteiger partial charge on any atom is 0.305 e. The summed E-state index contributed by atoms with van der Waals surface area (Å²) in [5.74, 6) is -1.40. The summed E-state index contributed by atoms with van der Waals surface area (Å²) in [6, 6.07) is 0. The van der Waals surface area contributed by atoms with E-state index in [1.165, 1.54) is 0 Å². The van der Waals surface area contributed by atoms with Crippen molar-refractivity contribution in [2.75, 3.05) is 39.5 Å². The number of carbonyl (C=O) groups is 3. The van der Waals surface area contributed by atoms with Crippen molar-refractivity contribution in [2.45, 2.75) is 32.1 Å². The minimum absolute atomic E-state index is 0.0270. The summed E-state index contributed by atoms with van der Waals surface area (Å²) >= 11 is 0. The number of hydrogen-bond acceptors (Lipinski definition) is 6. The Balaban J connectivity index is 4.05. The molecule has 154 valence electrons. The molecule has 0 spiro atoms. The van der Waals surface area contributed by atoms with Crippen LogP contribution in [0.3, 0.4) is 0 Å². The van der Waals surface area contributed by atoms with Crippen LogP contribution in [0.25, 0.3) is 0 Å². The molecule has 0 aromatic rings. The van der Waals surface area contributed by atoms with Gasteiger partial charge >= 0.3 is 5.97 Å². The summed E-state index contributed by atoms with van der Waals surface area (Å²) in [5.41, 5.74) is 0. The van der Waals surface area contributed by atoms with Crippen LogP contribution in [0, 0.1) is 5.92 Å². The Morgan fingerprint density at radius 2 is 1.78 bits per heavy atom. The molecular formula is C19H32N2O6. The van der Waals surface area contributed by atoms with Crippen LogP contribution in [0.1, 0.15) is 32.1 Å². The molecule has 0 fully saturated rings. The molecule has 27 heavy (non-hydrogen) atoms. The highest BCUT2D eigenvalue weighted by molar-refractivity contribution is 5.85. The lowest BCUT2D eigenvalue weighted by Crippen LogP contribution is -2.37. The van der Waals surface area contributed by atoms with Crippen LogP contribution in [0.2, 0.25) is 0 Å². The lowest BCUT2D eigenvalue weighted by molar-refractivity contribution is -0.144. The molecule has 0 aliphatic carbocycles. The molecule has 0 saturated carbocycles. The molecule has 3 N–H and O–H groups in total. The van der Waals surface area contributed by atoms with E-state index in [1.54, 1.807) is 12.2 Å². The molecule has 8 nitrogen and oxygen atoms in total. The molecule has 0 saturated heterocycles. The van der Waals surface area contributed by atoms with Gasteiger partial charge in [-0.25, -0.2) is 0 Å². The number of amides is 2. The summed E-state index contributed by atoms with van der Waals surface area (Å²) in [4.78, 5) is 35.6. The van der Waals surface area contributed by atoms with Gasteiger partial charge in [0.15, 0.2) is 0 Å². The van der Waals surface area contributed by atoms with E-state index in [2.05, 4.69) is 23.8 Å². The Hall–Kier alpha value is -2.19. The predicted octanol–water partition coefficient (Wildman–Crippen LogP) is 0.710. The largest absolute Gasteiger partial charge is 0.464 e. The monoisotopic (exact) mass is 384 g/mol. The topological polar surface area (TPSA) is 114 Å².